The van der Waals surface area contributed by atoms with Gasteiger partial charge in [-0.3, -0.25) is 0 Å². The van der Waals surface area contributed by atoms with Crippen LogP contribution in [0, 0.1) is 3.57 Å². The molecule has 9 heavy (non-hydrogen) atoms. The first-order chi connectivity index (χ1) is 4.20. The van der Waals surface area contributed by atoms with E-state index in [2.05, 4.69) is 56.7 Å². The predicted molar refractivity (Wildman–Crippen MR) is 56.4 cm³/mol. The summed E-state index contributed by atoms with van der Waals surface area (Å²) in [6, 6.07) is 6.44. The van der Waals surface area contributed by atoms with Crippen molar-refractivity contribution >= 4 is 54.0 Å². The van der Waals surface area contributed by atoms with E-state index >= 15 is 0 Å². The van der Waals surface area contributed by atoms with Gasteiger partial charge in [0.05, 0.1) is 0 Å². The van der Waals surface area contributed by atoms with Crippen molar-refractivity contribution in [3.05, 3.63) is 26.2 Å². The van der Waals surface area contributed by atoms with Crippen molar-refractivity contribution in [3.63, 3.8) is 0 Å². The summed E-state index contributed by atoms with van der Waals surface area (Å²) in [5, 5.41) is 1.43. The van der Waals surface area contributed by atoms with Crippen molar-refractivity contribution in [3.8, 4) is 0 Å². The second kappa shape index (κ2) is 3.16. The molecule has 0 amide bonds. The molecule has 0 aromatic heterocycles. The Balaban J connectivity index is 3.17. The molecular weight excluding hydrogens is 307 g/mol. The Hall–Kier alpha value is 0.647. The Morgan fingerprint density at radius 1 is 1.44 bits per heavy atom. The third-order valence-corrected chi connectivity index (χ3v) is 4.26. The van der Waals surface area contributed by atoms with Gasteiger partial charge in [0.15, 0.2) is 0 Å². The van der Waals surface area contributed by atoms with E-state index in [4.69, 9.17) is 0 Å². The normalized spacial score (nSPS) is 10.0. The van der Waals surface area contributed by atoms with E-state index in [-0.39, 0.29) is 0 Å². The Bertz CT molecular complexity index is 224. The van der Waals surface area contributed by atoms with Crippen LogP contribution in [-0.4, -0.2) is 10.2 Å². The first kappa shape index (κ1) is 7.75. The fourth-order valence-electron chi connectivity index (χ4n) is 0.567. The van der Waals surface area contributed by atoms with Gasteiger partial charge >= 0.3 is 0 Å². The molecule has 1 rings (SSSR count). The number of rotatable bonds is 0. The number of benzene rings is 1. The highest BCUT2D eigenvalue weighted by Crippen LogP contribution is 2.10. The fourth-order valence-corrected chi connectivity index (χ4v) is 2.18. The van der Waals surface area contributed by atoms with E-state index in [0.29, 0.717) is 0 Å². The summed E-state index contributed by atoms with van der Waals surface area (Å²) in [5.41, 5.74) is 0. The van der Waals surface area contributed by atoms with Gasteiger partial charge in [0.1, 0.15) is 0 Å². The summed E-state index contributed by atoms with van der Waals surface area (Å²) in [4.78, 5) is 0. The molecule has 0 unspecified atom stereocenters. The summed E-state index contributed by atoms with van der Waals surface area (Å²) in [7, 11) is 1.12. The second-order valence-corrected chi connectivity index (χ2v) is 5.07. The van der Waals surface area contributed by atoms with Crippen LogP contribution in [0.4, 0.5) is 0 Å². The first-order valence-electron chi connectivity index (χ1n) is 2.62. The highest BCUT2D eigenvalue weighted by Gasteiger charge is 1.91. The summed E-state index contributed by atoms with van der Waals surface area (Å²) in [6.07, 6.45) is 0. The maximum absolute atomic E-state index is 3.48. The van der Waals surface area contributed by atoms with E-state index in [0.717, 1.165) is 10.2 Å². The van der Waals surface area contributed by atoms with Crippen LogP contribution in [0.2, 0.25) is 0 Å². The van der Waals surface area contributed by atoms with E-state index < -0.39 is 0 Å². The molecule has 48 valence electrons. The van der Waals surface area contributed by atoms with Crippen LogP contribution in [-0.2, 0) is 0 Å². The zero-order valence-corrected chi connectivity index (χ0v) is 10.7. The number of hydrogen-bond acceptors (Lipinski definition) is 0. The van der Waals surface area contributed by atoms with Gasteiger partial charge in [0.2, 0.25) is 0 Å². The molecular formula is C6H6BrISi. The highest BCUT2D eigenvalue weighted by atomic mass is 127. The molecule has 0 atom stereocenters. The summed E-state index contributed by atoms with van der Waals surface area (Å²) in [6.45, 7) is 0. The Morgan fingerprint density at radius 3 is 2.56 bits per heavy atom. The van der Waals surface area contributed by atoms with Crippen LogP contribution in [0.3, 0.4) is 0 Å². The van der Waals surface area contributed by atoms with E-state index in [1.807, 2.05) is 0 Å². The highest BCUT2D eigenvalue weighted by molar-refractivity contribution is 14.1. The van der Waals surface area contributed by atoms with Crippen molar-refractivity contribution in [1.82, 2.24) is 0 Å². The molecule has 0 radical (unpaired) electrons. The van der Waals surface area contributed by atoms with Crippen LogP contribution in [0.15, 0.2) is 22.7 Å². The topological polar surface area (TPSA) is 0 Å². The second-order valence-electron chi connectivity index (χ2n) is 1.89. The maximum Gasteiger partial charge on any atom is 0.0399 e. The Morgan fingerprint density at radius 2 is 2.11 bits per heavy atom. The van der Waals surface area contributed by atoms with Crippen LogP contribution in [0.5, 0.6) is 0 Å². The number of hydrogen-bond donors (Lipinski definition) is 0. The van der Waals surface area contributed by atoms with Crippen molar-refractivity contribution in [2.24, 2.45) is 0 Å². The standard InChI is InChI=1S/C6H6BrISi/c7-5-3-4(8)1-2-6(5)9/h1-3H,9H3. The molecule has 0 fully saturated rings. The van der Waals surface area contributed by atoms with E-state index in [9.17, 15) is 0 Å². The third-order valence-electron chi connectivity index (χ3n) is 1.13. The van der Waals surface area contributed by atoms with Gasteiger partial charge in [0, 0.05) is 18.3 Å². The average molecular weight is 313 g/mol. The van der Waals surface area contributed by atoms with Crippen LogP contribution >= 0.6 is 38.5 Å². The molecule has 0 bridgehead atoms. The van der Waals surface area contributed by atoms with Gasteiger partial charge in [-0.05, 0) is 34.7 Å². The monoisotopic (exact) mass is 312 g/mol. The molecule has 0 nitrogen and oxygen atoms in total. The van der Waals surface area contributed by atoms with Gasteiger partial charge < -0.3 is 0 Å². The van der Waals surface area contributed by atoms with Gasteiger partial charge in [-0.25, -0.2) is 0 Å². The first-order valence-corrected chi connectivity index (χ1v) is 5.49. The van der Waals surface area contributed by atoms with Gasteiger partial charge in [-0.2, -0.15) is 0 Å². The van der Waals surface area contributed by atoms with Gasteiger partial charge in [0.25, 0.3) is 0 Å². The molecule has 0 N–H and O–H groups in total. The Kier molecular flexibility index (Phi) is 2.72. The molecule has 3 heteroatoms. The molecule has 0 aliphatic heterocycles. The lowest BCUT2D eigenvalue weighted by molar-refractivity contribution is 1.65. The lowest BCUT2D eigenvalue weighted by Crippen LogP contribution is -2.02. The quantitative estimate of drug-likeness (QED) is 0.496. The van der Waals surface area contributed by atoms with Crippen LogP contribution in [0.25, 0.3) is 0 Å². The van der Waals surface area contributed by atoms with Crippen molar-refractivity contribution in [2.45, 2.75) is 0 Å². The lowest BCUT2D eigenvalue weighted by atomic mass is 10.4. The molecule has 1 aromatic carbocycles. The summed E-state index contributed by atoms with van der Waals surface area (Å²) >= 11 is 5.78. The Labute approximate surface area is 79.7 Å². The molecule has 1 aromatic rings. The minimum absolute atomic E-state index is 1.12. The van der Waals surface area contributed by atoms with E-state index in [1.165, 1.54) is 13.2 Å². The molecule has 0 saturated carbocycles. The van der Waals surface area contributed by atoms with Crippen molar-refractivity contribution in [2.75, 3.05) is 0 Å². The van der Waals surface area contributed by atoms with Crippen molar-refractivity contribution < 1.29 is 0 Å². The molecule has 0 aliphatic carbocycles. The van der Waals surface area contributed by atoms with Crippen molar-refractivity contribution in [1.29, 1.82) is 0 Å². The average Bonchev–Trinajstić information content (AvgIpc) is 1.80. The van der Waals surface area contributed by atoms with E-state index in [1.54, 1.807) is 0 Å². The van der Waals surface area contributed by atoms with Gasteiger partial charge in [-0.15, -0.1) is 0 Å². The van der Waals surface area contributed by atoms with Crippen LogP contribution < -0.4 is 5.19 Å². The zero-order chi connectivity index (χ0) is 6.85. The molecule has 0 aliphatic rings. The SMILES string of the molecule is [SiH3]c1ccc(I)cc1Br. The number of halogens is 2. The predicted octanol–water partition coefficient (Wildman–Crippen LogP) is 1.04. The minimum Gasteiger partial charge on any atom is -0.0619 e. The largest absolute Gasteiger partial charge is 0.0619 e. The smallest absolute Gasteiger partial charge is 0.0399 e. The van der Waals surface area contributed by atoms with Crippen LogP contribution in [0.1, 0.15) is 0 Å². The summed E-state index contributed by atoms with van der Waals surface area (Å²) < 4.78 is 2.54. The lowest BCUT2D eigenvalue weighted by Gasteiger charge is -1.95. The van der Waals surface area contributed by atoms with Gasteiger partial charge in [-0.1, -0.05) is 27.2 Å². The molecule has 0 heterocycles. The minimum atomic E-state index is 1.12. The zero-order valence-electron chi connectivity index (χ0n) is 4.99. The summed E-state index contributed by atoms with van der Waals surface area (Å²) in [5.74, 6) is 0. The fraction of sp³-hybridized carbons (Fsp3) is 0. The maximum atomic E-state index is 3.48. The molecule has 0 spiro atoms. The third kappa shape index (κ3) is 2.05. The molecule has 0 saturated heterocycles.